The van der Waals surface area contributed by atoms with Crippen LogP contribution in [0.5, 0.6) is 5.75 Å². The number of carbonyl (C=O) groups is 1. The number of ether oxygens (including phenoxy) is 1. The van der Waals surface area contributed by atoms with Crippen molar-refractivity contribution >= 4 is 38.3 Å². The number of rotatable bonds is 6. The van der Waals surface area contributed by atoms with E-state index >= 15 is 0 Å². The van der Waals surface area contributed by atoms with Gasteiger partial charge in [0.05, 0.1) is 0 Å². The number of nitrogens with one attached hydrogen (secondary N) is 1. The first-order valence-corrected chi connectivity index (χ1v) is 8.52. The van der Waals surface area contributed by atoms with Crippen LogP contribution in [-0.4, -0.2) is 16.1 Å². The summed E-state index contributed by atoms with van der Waals surface area (Å²) in [6, 6.07) is 10.3. The van der Waals surface area contributed by atoms with E-state index in [1.807, 2.05) is 12.1 Å². The number of nitrogens with zero attached hydrogens (tertiary/aromatic N) is 2. The maximum atomic E-state index is 12.5. The van der Waals surface area contributed by atoms with E-state index in [2.05, 4.69) is 31.4 Å². The highest BCUT2D eigenvalue weighted by molar-refractivity contribution is 9.10. The Morgan fingerprint density at radius 3 is 2.88 bits per heavy atom. The van der Waals surface area contributed by atoms with Crippen LogP contribution >= 0.6 is 27.3 Å². The number of anilines is 1. The Hall–Kier alpha value is -2.33. The van der Waals surface area contributed by atoms with Crippen molar-refractivity contribution in [3.05, 3.63) is 57.4 Å². The SMILES string of the molecule is O=C(Nc1nnc(C(F)F)s1)c1ccc(COc2cccc(Br)c2)o1. The van der Waals surface area contributed by atoms with Crippen LogP contribution in [-0.2, 0) is 6.61 Å². The third kappa shape index (κ3) is 4.60. The van der Waals surface area contributed by atoms with Gasteiger partial charge in [-0.1, -0.05) is 33.3 Å². The van der Waals surface area contributed by atoms with Crippen LogP contribution in [0, 0.1) is 0 Å². The summed E-state index contributed by atoms with van der Waals surface area (Å²) in [6.07, 6.45) is -2.73. The minimum atomic E-state index is -2.73. The number of halogens is 3. The normalized spacial score (nSPS) is 10.9. The molecule has 3 rings (SSSR count). The average molecular weight is 430 g/mol. The van der Waals surface area contributed by atoms with E-state index < -0.39 is 17.3 Å². The van der Waals surface area contributed by atoms with Gasteiger partial charge in [-0.15, -0.1) is 10.2 Å². The molecule has 3 aromatic rings. The highest BCUT2D eigenvalue weighted by atomic mass is 79.9. The number of furan rings is 1. The topological polar surface area (TPSA) is 77.2 Å². The predicted molar refractivity (Wildman–Crippen MR) is 90.0 cm³/mol. The largest absolute Gasteiger partial charge is 0.486 e. The van der Waals surface area contributed by atoms with Crippen LogP contribution in [0.4, 0.5) is 13.9 Å². The van der Waals surface area contributed by atoms with E-state index in [-0.39, 0.29) is 17.5 Å². The van der Waals surface area contributed by atoms with Crippen LogP contribution in [0.3, 0.4) is 0 Å². The molecule has 0 saturated carbocycles. The minimum absolute atomic E-state index is 0.0154. The van der Waals surface area contributed by atoms with E-state index in [9.17, 15) is 13.6 Å². The number of hydrogen-bond donors (Lipinski definition) is 1. The zero-order valence-corrected chi connectivity index (χ0v) is 14.8. The van der Waals surface area contributed by atoms with Crippen LogP contribution in [0.2, 0.25) is 0 Å². The van der Waals surface area contributed by atoms with Crippen molar-refractivity contribution in [3.63, 3.8) is 0 Å². The van der Waals surface area contributed by atoms with Crippen molar-refractivity contribution < 1.29 is 22.7 Å². The summed E-state index contributed by atoms with van der Waals surface area (Å²) in [6.45, 7) is 0.137. The molecule has 0 atom stereocenters. The van der Waals surface area contributed by atoms with E-state index in [1.165, 1.54) is 6.07 Å². The standard InChI is InChI=1S/C15H10BrF2N3O3S/c16-8-2-1-3-9(6-8)23-7-10-4-5-11(24-10)13(22)19-15-21-20-14(25-15)12(17)18/h1-6,12H,7H2,(H,19,21,22). The molecule has 0 spiro atoms. The molecule has 2 aromatic heterocycles. The van der Waals surface area contributed by atoms with E-state index in [0.29, 0.717) is 22.8 Å². The summed E-state index contributed by atoms with van der Waals surface area (Å²) >= 11 is 3.95. The molecule has 10 heteroatoms. The first-order chi connectivity index (χ1) is 12.0. The number of aromatic nitrogens is 2. The van der Waals surface area contributed by atoms with Crippen LogP contribution in [0.25, 0.3) is 0 Å². The average Bonchev–Trinajstić information content (AvgIpc) is 3.22. The Kier molecular flexibility index (Phi) is 5.39. The third-order valence-electron chi connectivity index (χ3n) is 2.91. The number of hydrogen-bond acceptors (Lipinski definition) is 6. The molecule has 0 fully saturated rings. The van der Waals surface area contributed by atoms with Gasteiger partial charge >= 0.3 is 0 Å². The highest BCUT2D eigenvalue weighted by Crippen LogP contribution is 2.25. The molecule has 2 heterocycles. The zero-order valence-electron chi connectivity index (χ0n) is 12.4. The van der Waals surface area contributed by atoms with Crippen molar-refractivity contribution in [2.75, 3.05) is 5.32 Å². The lowest BCUT2D eigenvalue weighted by Crippen LogP contribution is -2.10. The molecular formula is C15H10BrF2N3O3S. The second kappa shape index (κ2) is 7.70. The first kappa shape index (κ1) is 17.5. The summed E-state index contributed by atoms with van der Waals surface area (Å²) in [5.41, 5.74) is 0. The molecule has 0 unspecified atom stereocenters. The summed E-state index contributed by atoms with van der Waals surface area (Å²) in [4.78, 5) is 12.0. The molecule has 0 radical (unpaired) electrons. The monoisotopic (exact) mass is 429 g/mol. The molecule has 130 valence electrons. The fourth-order valence-electron chi connectivity index (χ4n) is 1.82. The summed E-state index contributed by atoms with van der Waals surface area (Å²) in [5, 5.41) is 8.64. The van der Waals surface area contributed by atoms with Crippen molar-refractivity contribution in [1.29, 1.82) is 0 Å². The van der Waals surface area contributed by atoms with Crippen molar-refractivity contribution in [3.8, 4) is 5.75 Å². The van der Waals surface area contributed by atoms with Gasteiger partial charge in [0.2, 0.25) is 5.13 Å². The molecule has 0 saturated heterocycles. The van der Waals surface area contributed by atoms with Crippen LogP contribution in [0.1, 0.15) is 27.7 Å². The number of alkyl halides is 2. The van der Waals surface area contributed by atoms with Gasteiger partial charge in [-0.3, -0.25) is 10.1 Å². The molecule has 1 amide bonds. The van der Waals surface area contributed by atoms with Crippen molar-refractivity contribution in [1.82, 2.24) is 10.2 Å². The van der Waals surface area contributed by atoms with Crippen LogP contribution < -0.4 is 10.1 Å². The maximum absolute atomic E-state index is 12.5. The Morgan fingerprint density at radius 1 is 1.32 bits per heavy atom. The van der Waals surface area contributed by atoms with Crippen LogP contribution in [0.15, 0.2) is 45.3 Å². The molecule has 0 aliphatic rings. The molecule has 1 aromatic carbocycles. The van der Waals surface area contributed by atoms with E-state index in [4.69, 9.17) is 9.15 Å². The molecule has 0 aliphatic carbocycles. The quantitative estimate of drug-likeness (QED) is 0.616. The number of amides is 1. The maximum Gasteiger partial charge on any atom is 0.293 e. The Bertz CT molecular complexity index is 884. The summed E-state index contributed by atoms with van der Waals surface area (Å²) in [5.74, 6) is 0.494. The highest BCUT2D eigenvalue weighted by Gasteiger charge is 2.17. The van der Waals surface area contributed by atoms with E-state index in [1.54, 1.807) is 18.2 Å². The van der Waals surface area contributed by atoms with Gasteiger partial charge in [0, 0.05) is 4.47 Å². The number of benzene rings is 1. The first-order valence-electron chi connectivity index (χ1n) is 6.91. The Balaban J connectivity index is 1.59. The lowest BCUT2D eigenvalue weighted by atomic mass is 10.3. The van der Waals surface area contributed by atoms with Gasteiger partial charge in [0.15, 0.2) is 10.8 Å². The van der Waals surface area contributed by atoms with Gasteiger partial charge in [-0.25, -0.2) is 8.78 Å². The lowest BCUT2D eigenvalue weighted by molar-refractivity contribution is 0.0992. The van der Waals surface area contributed by atoms with Gasteiger partial charge in [-0.05, 0) is 30.3 Å². The second-order valence-electron chi connectivity index (χ2n) is 4.71. The van der Waals surface area contributed by atoms with Gasteiger partial charge in [0.25, 0.3) is 12.3 Å². The Labute approximate surface area is 153 Å². The van der Waals surface area contributed by atoms with Gasteiger partial charge in [-0.2, -0.15) is 0 Å². The van der Waals surface area contributed by atoms with Gasteiger partial charge < -0.3 is 9.15 Å². The second-order valence-corrected chi connectivity index (χ2v) is 6.64. The molecular weight excluding hydrogens is 420 g/mol. The van der Waals surface area contributed by atoms with Crippen molar-refractivity contribution in [2.45, 2.75) is 13.0 Å². The van der Waals surface area contributed by atoms with E-state index in [0.717, 1.165) is 4.47 Å². The minimum Gasteiger partial charge on any atom is -0.486 e. The third-order valence-corrected chi connectivity index (χ3v) is 4.25. The lowest BCUT2D eigenvalue weighted by Gasteiger charge is -2.04. The van der Waals surface area contributed by atoms with Gasteiger partial charge in [0.1, 0.15) is 18.1 Å². The molecule has 0 bridgehead atoms. The molecule has 25 heavy (non-hydrogen) atoms. The fraction of sp³-hybridized carbons (Fsp3) is 0.133. The summed E-state index contributed by atoms with van der Waals surface area (Å²) < 4.78 is 36.7. The molecule has 0 aliphatic heterocycles. The smallest absolute Gasteiger partial charge is 0.293 e. The van der Waals surface area contributed by atoms with Crippen molar-refractivity contribution in [2.24, 2.45) is 0 Å². The zero-order chi connectivity index (χ0) is 17.8. The number of carbonyl (C=O) groups excluding carboxylic acids is 1. The Morgan fingerprint density at radius 2 is 2.16 bits per heavy atom. The molecule has 6 nitrogen and oxygen atoms in total. The summed E-state index contributed by atoms with van der Waals surface area (Å²) in [7, 11) is 0. The molecule has 1 N–H and O–H groups in total. The fourth-order valence-corrected chi connectivity index (χ4v) is 2.79. The predicted octanol–water partition coefficient (Wildman–Crippen LogP) is 4.66.